The van der Waals surface area contributed by atoms with Gasteiger partial charge in [0, 0.05) is 35.9 Å². The van der Waals surface area contributed by atoms with Crippen molar-refractivity contribution in [2.24, 2.45) is 0 Å². The quantitative estimate of drug-likeness (QED) is 0.641. The summed E-state index contributed by atoms with van der Waals surface area (Å²) in [4.78, 5) is 39.5. The number of piperidine rings is 1. The van der Waals surface area contributed by atoms with Crippen LogP contribution in [-0.2, 0) is 0 Å². The lowest BCUT2D eigenvalue weighted by molar-refractivity contribution is 0.0697. The third-order valence-electron chi connectivity index (χ3n) is 5.67. The molecule has 0 spiro atoms. The second-order valence-electron chi connectivity index (χ2n) is 7.90. The van der Waals surface area contributed by atoms with Crippen LogP contribution in [0.25, 0.3) is 0 Å². The first kappa shape index (κ1) is 21.4. The normalized spacial score (nSPS) is 14.1. The molecule has 2 aromatic carbocycles. The van der Waals surface area contributed by atoms with Gasteiger partial charge in [-0.3, -0.25) is 14.4 Å². The van der Waals surface area contributed by atoms with E-state index in [1.807, 2.05) is 19.1 Å². The number of hydrogen-bond acceptors (Lipinski definition) is 4. The molecule has 0 unspecified atom stereocenters. The van der Waals surface area contributed by atoms with Gasteiger partial charge >= 0.3 is 0 Å². The Morgan fingerprint density at radius 2 is 1.66 bits per heavy atom. The number of benzene rings is 2. The average Bonchev–Trinajstić information content (AvgIpc) is 3.36. The minimum Gasteiger partial charge on any atom is -0.472 e. The van der Waals surface area contributed by atoms with E-state index in [1.54, 1.807) is 47.4 Å². The van der Waals surface area contributed by atoms with Gasteiger partial charge in [-0.25, -0.2) is 0 Å². The fourth-order valence-electron chi connectivity index (χ4n) is 3.75. The summed E-state index contributed by atoms with van der Waals surface area (Å²) in [5.41, 5.74) is 3.05. The van der Waals surface area contributed by atoms with Crippen LogP contribution in [0.5, 0.6) is 0 Å². The lowest BCUT2D eigenvalue weighted by atomic mass is 10.0. The fraction of sp³-hybridized carbons (Fsp3) is 0.240. The molecule has 2 N–H and O–H groups in total. The summed E-state index contributed by atoms with van der Waals surface area (Å²) in [6.07, 6.45) is 4.29. The monoisotopic (exact) mass is 431 g/mol. The Kier molecular flexibility index (Phi) is 6.35. The molecular weight excluding hydrogens is 406 g/mol. The van der Waals surface area contributed by atoms with E-state index in [1.165, 1.54) is 12.5 Å². The zero-order valence-corrected chi connectivity index (χ0v) is 17.8. The molecule has 0 radical (unpaired) electrons. The van der Waals surface area contributed by atoms with Gasteiger partial charge in [-0.05, 0) is 55.7 Å². The molecule has 1 fully saturated rings. The first-order valence-corrected chi connectivity index (χ1v) is 10.6. The molecule has 3 aromatic rings. The van der Waals surface area contributed by atoms with Crippen molar-refractivity contribution in [2.45, 2.75) is 25.8 Å². The van der Waals surface area contributed by atoms with E-state index in [2.05, 4.69) is 10.6 Å². The number of aryl methyl sites for hydroxylation is 1. The van der Waals surface area contributed by atoms with Gasteiger partial charge in [0.05, 0.1) is 11.8 Å². The number of nitrogens with zero attached hydrogens (tertiary/aromatic N) is 1. The van der Waals surface area contributed by atoms with Crippen molar-refractivity contribution < 1.29 is 18.8 Å². The van der Waals surface area contributed by atoms with Crippen molar-refractivity contribution >= 4 is 23.4 Å². The van der Waals surface area contributed by atoms with E-state index in [4.69, 9.17) is 4.42 Å². The predicted molar refractivity (Wildman–Crippen MR) is 121 cm³/mol. The highest BCUT2D eigenvalue weighted by Crippen LogP contribution is 2.19. The Morgan fingerprint density at radius 3 is 2.34 bits per heavy atom. The number of amides is 3. The summed E-state index contributed by atoms with van der Waals surface area (Å²) in [7, 11) is 0. The molecule has 32 heavy (non-hydrogen) atoms. The lowest BCUT2D eigenvalue weighted by Crippen LogP contribution is -2.46. The second kappa shape index (κ2) is 9.51. The van der Waals surface area contributed by atoms with Gasteiger partial charge in [-0.2, -0.15) is 0 Å². The molecule has 2 heterocycles. The molecule has 0 bridgehead atoms. The van der Waals surface area contributed by atoms with E-state index < -0.39 is 0 Å². The molecule has 3 amide bonds. The molecule has 0 saturated carbocycles. The van der Waals surface area contributed by atoms with Crippen molar-refractivity contribution in [3.63, 3.8) is 0 Å². The Labute approximate surface area is 186 Å². The molecule has 0 aliphatic carbocycles. The lowest BCUT2D eigenvalue weighted by Gasteiger charge is -2.32. The van der Waals surface area contributed by atoms with E-state index in [0.717, 1.165) is 5.56 Å². The molecule has 0 atom stereocenters. The summed E-state index contributed by atoms with van der Waals surface area (Å²) >= 11 is 0. The number of carbonyl (C=O) groups is 3. The van der Waals surface area contributed by atoms with Crippen LogP contribution < -0.4 is 10.6 Å². The van der Waals surface area contributed by atoms with Crippen molar-refractivity contribution in [3.05, 3.63) is 89.4 Å². The van der Waals surface area contributed by atoms with E-state index >= 15 is 0 Å². The average molecular weight is 431 g/mol. The van der Waals surface area contributed by atoms with Crippen LogP contribution in [0.1, 0.15) is 49.5 Å². The van der Waals surface area contributed by atoms with Gasteiger partial charge in [0.1, 0.15) is 6.26 Å². The van der Waals surface area contributed by atoms with Gasteiger partial charge in [-0.1, -0.05) is 24.3 Å². The van der Waals surface area contributed by atoms with Crippen molar-refractivity contribution in [1.82, 2.24) is 10.2 Å². The molecule has 1 aliphatic rings. The molecule has 4 rings (SSSR count). The number of hydrogen-bond donors (Lipinski definition) is 2. The Bertz CT molecular complexity index is 1100. The SMILES string of the molecule is Cc1ccc(C(=O)NC2CCN(C(=O)c3ccoc3)CC2)cc1NC(=O)c1ccccc1. The van der Waals surface area contributed by atoms with Crippen molar-refractivity contribution in [1.29, 1.82) is 0 Å². The van der Waals surface area contributed by atoms with Crippen LogP contribution in [0.3, 0.4) is 0 Å². The minimum absolute atomic E-state index is 0.0143. The topological polar surface area (TPSA) is 91.7 Å². The Balaban J connectivity index is 1.35. The summed E-state index contributed by atoms with van der Waals surface area (Å²) in [5.74, 6) is -0.471. The van der Waals surface area contributed by atoms with Crippen LogP contribution in [0.2, 0.25) is 0 Å². The number of carbonyl (C=O) groups excluding carboxylic acids is 3. The van der Waals surface area contributed by atoms with Crippen LogP contribution in [-0.4, -0.2) is 41.8 Å². The van der Waals surface area contributed by atoms with Crippen molar-refractivity contribution in [3.8, 4) is 0 Å². The van der Waals surface area contributed by atoms with E-state index in [9.17, 15) is 14.4 Å². The van der Waals surface area contributed by atoms with Gasteiger partial charge in [-0.15, -0.1) is 0 Å². The van der Waals surface area contributed by atoms with Gasteiger partial charge < -0.3 is 20.0 Å². The summed E-state index contributed by atoms with van der Waals surface area (Å²) in [5, 5.41) is 5.94. The van der Waals surface area contributed by atoms with Crippen LogP contribution in [0.15, 0.2) is 71.5 Å². The summed E-state index contributed by atoms with van der Waals surface area (Å²) in [6, 6.07) is 15.9. The first-order valence-electron chi connectivity index (χ1n) is 10.6. The standard InChI is InChI=1S/C25H25N3O4/c1-17-7-8-19(15-22(17)27-23(29)18-5-3-2-4-6-18)24(30)26-21-9-12-28(13-10-21)25(31)20-11-14-32-16-20/h2-8,11,14-16,21H,9-10,12-13H2,1H3,(H,26,30)(H,27,29). The number of nitrogens with one attached hydrogen (secondary N) is 2. The molecule has 7 heteroatoms. The first-order chi connectivity index (χ1) is 15.5. The van der Waals surface area contributed by atoms with Gasteiger partial charge in [0.25, 0.3) is 17.7 Å². The molecular formula is C25H25N3O4. The van der Waals surface area contributed by atoms with Crippen LogP contribution in [0, 0.1) is 6.92 Å². The highest BCUT2D eigenvalue weighted by molar-refractivity contribution is 6.05. The third-order valence-corrected chi connectivity index (χ3v) is 5.67. The Morgan fingerprint density at radius 1 is 0.906 bits per heavy atom. The van der Waals surface area contributed by atoms with Crippen LogP contribution in [0.4, 0.5) is 5.69 Å². The molecule has 1 aliphatic heterocycles. The maximum Gasteiger partial charge on any atom is 0.257 e. The predicted octanol–water partition coefficient (Wildman–Crippen LogP) is 3.87. The largest absolute Gasteiger partial charge is 0.472 e. The zero-order valence-electron chi connectivity index (χ0n) is 17.8. The fourth-order valence-corrected chi connectivity index (χ4v) is 3.75. The third kappa shape index (κ3) is 4.88. The number of rotatable bonds is 5. The minimum atomic E-state index is -0.221. The van der Waals surface area contributed by atoms with Crippen LogP contribution >= 0.6 is 0 Å². The zero-order chi connectivity index (χ0) is 22.5. The number of furan rings is 1. The smallest absolute Gasteiger partial charge is 0.257 e. The molecule has 1 saturated heterocycles. The van der Waals surface area contributed by atoms with Gasteiger partial charge in [0.15, 0.2) is 0 Å². The highest BCUT2D eigenvalue weighted by Gasteiger charge is 2.25. The van der Waals surface area contributed by atoms with Crippen molar-refractivity contribution in [2.75, 3.05) is 18.4 Å². The highest BCUT2D eigenvalue weighted by atomic mass is 16.3. The molecule has 164 valence electrons. The Hall–Kier alpha value is -3.87. The maximum atomic E-state index is 12.8. The summed E-state index contributed by atoms with van der Waals surface area (Å²) in [6.45, 7) is 3.03. The van der Waals surface area contributed by atoms with E-state index in [0.29, 0.717) is 48.3 Å². The molecule has 7 nitrogen and oxygen atoms in total. The van der Waals surface area contributed by atoms with E-state index in [-0.39, 0.29) is 23.8 Å². The number of anilines is 1. The molecule has 1 aromatic heterocycles. The number of likely N-dealkylation sites (tertiary alicyclic amines) is 1. The summed E-state index contributed by atoms with van der Waals surface area (Å²) < 4.78 is 4.99. The maximum absolute atomic E-state index is 12.8. The second-order valence-corrected chi connectivity index (χ2v) is 7.90. The van der Waals surface area contributed by atoms with Gasteiger partial charge in [0.2, 0.25) is 0 Å².